The monoisotopic (exact) mass is 406 g/mol. The molecule has 0 atom stereocenters. The number of benzene rings is 2. The first kappa shape index (κ1) is 18.4. The summed E-state index contributed by atoms with van der Waals surface area (Å²) in [6, 6.07) is 19.6. The van der Waals surface area contributed by atoms with E-state index in [1.807, 2.05) is 18.2 Å². The predicted molar refractivity (Wildman–Crippen MR) is 125 cm³/mol. The second-order valence-corrected chi connectivity index (χ2v) is 8.99. The molecule has 154 valence electrons. The van der Waals surface area contributed by atoms with Crippen LogP contribution >= 0.6 is 0 Å². The largest absolute Gasteiger partial charge is 0.341 e. The first-order chi connectivity index (χ1) is 15.3. The molecule has 1 N–H and O–H groups in total. The van der Waals surface area contributed by atoms with Crippen LogP contribution in [0.5, 0.6) is 0 Å². The van der Waals surface area contributed by atoms with Crippen LogP contribution in [0.15, 0.2) is 48.5 Å². The molecule has 6 rings (SSSR count). The molecule has 2 heterocycles. The topological polar surface area (TPSA) is 53.1 Å². The third kappa shape index (κ3) is 2.99. The summed E-state index contributed by atoms with van der Waals surface area (Å²) in [7, 11) is 0. The molecule has 1 fully saturated rings. The zero-order valence-corrected chi connectivity index (χ0v) is 17.7. The van der Waals surface area contributed by atoms with Gasteiger partial charge in [0.15, 0.2) is 5.65 Å². The zero-order chi connectivity index (χ0) is 20.8. The maximum Gasteiger partial charge on any atom is 0.157 e. The Labute approximate surface area is 182 Å². The Balaban J connectivity index is 1.47. The lowest BCUT2D eigenvalue weighted by molar-refractivity contribution is 0.443. The van der Waals surface area contributed by atoms with Crippen molar-refractivity contribution >= 4 is 28.2 Å². The van der Waals surface area contributed by atoms with Gasteiger partial charge in [-0.3, -0.25) is 4.40 Å². The molecule has 0 unspecified atom stereocenters. The molecule has 2 aromatic heterocycles. The number of nitriles is 1. The van der Waals surface area contributed by atoms with Gasteiger partial charge in [-0.2, -0.15) is 5.26 Å². The maximum absolute atomic E-state index is 9.94. The van der Waals surface area contributed by atoms with E-state index >= 15 is 0 Å². The van der Waals surface area contributed by atoms with E-state index in [2.05, 4.69) is 46.1 Å². The van der Waals surface area contributed by atoms with Crippen molar-refractivity contribution < 1.29 is 0 Å². The van der Waals surface area contributed by atoms with Crippen molar-refractivity contribution in [3.8, 4) is 6.07 Å². The Morgan fingerprint density at radius 1 is 0.903 bits per heavy atom. The third-order valence-electron chi connectivity index (χ3n) is 7.18. The van der Waals surface area contributed by atoms with Gasteiger partial charge < -0.3 is 5.32 Å². The fourth-order valence-corrected chi connectivity index (χ4v) is 5.63. The molecule has 4 aromatic rings. The predicted octanol–water partition coefficient (Wildman–Crippen LogP) is 6.64. The summed E-state index contributed by atoms with van der Waals surface area (Å²) in [6.07, 6.45) is 9.76. The summed E-state index contributed by atoms with van der Waals surface area (Å²) in [5, 5.41) is 13.7. The van der Waals surface area contributed by atoms with Crippen LogP contribution < -0.4 is 5.32 Å². The molecule has 0 aliphatic heterocycles. The van der Waals surface area contributed by atoms with Gasteiger partial charge in [-0.25, -0.2) is 4.98 Å². The molecule has 2 aliphatic carbocycles. The molecule has 4 nitrogen and oxygen atoms in total. The van der Waals surface area contributed by atoms with Crippen molar-refractivity contribution in [2.45, 2.75) is 57.3 Å². The summed E-state index contributed by atoms with van der Waals surface area (Å²) in [6.45, 7) is 0. The van der Waals surface area contributed by atoms with Gasteiger partial charge in [-0.1, -0.05) is 43.5 Å². The first-order valence-corrected chi connectivity index (χ1v) is 11.6. The SMILES string of the molecule is N#Cc1c2c(c(Nc3ccc(C4CCCCC4)cc3)n3c1nc1ccccc13)CCC2. The standard InChI is InChI=1S/C27H26N4/c28-17-23-21-9-6-10-22(21)26(31-25-12-5-4-11-24(25)30-27(23)31)29-20-15-13-19(14-16-20)18-7-2-1-3-8-18/h4-5,11-16,18,29H,1-3,6-10H2. The van der Waals surface area contributed by atoms with Crippen LogP contribution in [0.25, 0.3) is 16.7 Å². The summed E-state index contributed by atoms with van der Waals surface area (Å²) >= 11 is 0. The minimum absolute atomic E-state index is 0.714. The number of hydrogen-bond acceptors (Lipinski definition) is 3. The summed E-state index contributed by atoms with van der Waals surface area (Å²) in [4.78, 5) is 4.84. The van der Waals surface area contributed by atoms with Gasteiger partial charge in [-0.05, 0) is 79.0 Å². The van der Waals surface area contributed by atoms with E-state index in [0.717, 1.165) is 53.0 Å². The van der Waals surface area contributed by atoms with Crippen LogP contribution in [-0.4, -0.2) is 9.38 Å². The van der Waals surface area contributed by atoms with E-state index in [4.69, 9.17) is 4.98 Å². The molecule has 0 amide bonds. The quantitative estimate of drug-likeness (QED) is 0.415. The minimum Gasteiger partial charge on any atom is -0.341 e. The molecular weight excluding hydrogens is 380 g/mol. The van der Waals surface area contributed by atoms with Gasteiger partial charge in [0.25, 0.3) is 0 Å². The Morgan fingerprint density at radius 3 is 2.48 bits per heavy atom. The van der Waals surface area contributed by atoms with Crippen LogP contribution in [0.4, 0.5) is 11.5 Å². The lowest BCUT2D eigenvalue weighted by atomic mass is 9.84. The van der Waals surface area contributed by atoms with Crippen LogP contribution in [0.2, 0.25) is 0 Å². The molecule has 4 heteroatoms. The van der Waals surface area contributed by atoms with Crippen LogP contribution in [0, 0.1) is 11.3 Å². The third-order valence-corrected chi connectivity index (χ3v) is 7.18. The van der Waals surface area contributed by atoms with Crippen molar-refractivity contribution in [3.05, 3.63) is 70.8 Å². The van der Waals surface area contributed by atoms with Gasteiger partial charge in [0, 0.05) is 5.69 Å². The second kappa shape index (κ2) is 7.42. The number of imidazole rings is 1. The van der Waals surface area contributed by atoms with E-state index < -0.39 is 0 Å². The fraction of sp³-hybridized carbons (Fsp3) is 0.333. The van der Waals surface area contributed by atoms with Gasteiger partial charge in [0.2, 0.25) is 0 Å². The lowest BCUT2D eigenvalue weighted by Crippen LogP contribution is -2.07. The van der Waals surface area contributed by atoms with Crippen LogP contribution in [-0.2, 0) is 12.8 Å². The molecule has 2 aliphatic rings. The molecular formula is C27H26N4. The van der Waals surface area contributed by atoms with Crippen molar-refractivity contribution in [2.24, 2.45) is 0 Å². The number of fused-ring (bicyclic) bond motifs is 4. The van der Waals surface area contributed by atoms with E-state index in [9.17, 15) is 5.26 Å². The van der Waals surface area contributed by atoms with Gasteiger partial charge in [0.1, 0.15) is 11.9 Å². The Bertz CT molecular complexity index is 1320. The zero-order valence-electron chi connectivity index (χ0n) is 17.7. The molecule has 0 spiro atoms. The average Bonchev–Trinajstić information content (AvgIpc) is 3.45. The van der Waals surface area contributed by atoms with E-state index in [1.54, 1.807) is 0 Å². The summed E-state index contributed by atoms with van der Waals surface area (Å²) in [5.74, 6) is 1.78. The highest BCUT2D eigenvalue weighted by Crippen LogP contribution is 2.38. The molecule has 0 saturated heterocycles. The van der Waals surface area contributed by atoms with Crippen molar-refractivity contribution in [3.63, 3.8) is 0 Å². The van der Waals surface area contributed by atoms with Crippen molar-refractivity contribution in [1.29, 1.82) is 5.26 Å². The molecule has 31 heavy (non-hydrogen) atoms. The number of aromatic nitrogens is 2. The average molecular weight is 407 g/mol. The number of pyridine rings is 1. The normalized spacial score (nSPS) is 16.5. The number of anilines is 2. The van der Waals surface area contributed by atoms with E-state index in [-0.39, 0.29) is 0 Å². The number of rotatable bonds is 3. The molecule has 1 saturated carbocycles. The Hall–Kier alpha value is -3.32. The van der Waals surface area contributed by atoms with Crippen LogP contribution in [0.3, 0.4) is 0 Å². The minimum atomic E-state index is 0.714. The molecule has 0 radical (unpaired) electrons. The smallest absolute Gasteiger partial charge is 0.157 e. The van der Waals surface area contributed by atoms with Crippen LogP contribution in [0.1, 0.15) is 66.7 Å². The summed E-state index contributed by atoms with van der Waals surface area (Å²) < 4.78 is 2.16. The van der Waals surface area contributed by atoms with Gasteiger partial charge in [0.05, 0.1) is 16.6 Å². The summed E-state index contributed by atoms with van der Waals surface area (Å²) in [5.41, 5.74) is 8.48. The number of nitrogens with zero attached hydrogens (tertiary/aromatic N) is 3. The maximum atomic E-state index is 9.94. The fourth-order valence-electron chi connectivity index (χ4n) is 5.63. The Kier molecular flexibility index (Phi) is 4.42. The lowest BCUT2D eigenvalue weighted by Gasteiger charge is -2.22. The van der Waals surface area contributed by atoms with Crippen molar-refractivity contribution in [1.82, 2.24) is 9.38 Å². The van der Waals surface area contributed by atoms with Crippen molar-refractivity contribution in [2.75, 3.05) is 5.32 Å². The number of hydrogen-bond donors (Lipinski definition) is 1. The highest BCUT2D eigenvalue weighted by Gasteiger charge is 2.26. The highest BCUT2D eigenvalue weighted by molar-refractivity contribution is 5.87. The van der Waals surface area contributed by atoms with E-state index in [1.165, 1.54) is 48.8 Å². The van der Waals surface area contributed by atoms with Gasteiger partial charge >= 0.3 is 0 Å². The molecule has 0 bridgehead atoms. The first-order valence-electron chi connectivity index (χ1n) is 11.6. The molecule has 2 aromatic carbocycles. The number of nitrogens with one attached hydrogen (secondary N) is 1. The van der Waals surface area contributed by atoms with E-state index in [0.29, 0.717) is 5.92 Å². The highest BCUT2D eigenvalue weighted by atomic mass is 15.1. The van der Waals surface area contributed by atoms with Gasteiger partial charge in [-0.15, -0.1) is 0 Å². The number of para-hydroxylation sites is 2. The second-order valence-electron chi connectivity index (χ2n) is 8.99. The Morgan fingerprint density at radius 2 is 1.68 bits per heavy atom.